The number of hydrogen-bond acceptors (Lipinski definition) is 3. The topological polar surface area (TPSA) is 74.8 Å². The maximum atomic E-state index is 12.6. The summed E-state index contributed by atoms with van der Waals surface area (Å²) in [6.45, 7) is 0. The SMILES string of the molecule is O=C(Cc1n[nH]c(=O)c2ccccc12)N[C@@H]1CCCc2ccccc21. The monoisotopic (exact) mass is 333 g/mol. The minimum atomic E-state index is -0.235. The van der Waals surface area contributed by atoms with Crippen molar-refractivity contribution in [2.75, 3.05) is 0 Å². The molecule has 1 aliphatic carbocycles. The number of benzene rings is 2. The fourth-order valence-electron chi connectivity index (χ4n) is 3.61. The molecule has 1 atom stereocenters. The van der Waals surface area contributed by atoms with Gasteiger partial charge in [0, 0.05) is 5.39 Å². The Morgan fingerprint density at radius 3 is 2.76 bits per heavy atom. The van der Waals surface area contributed by atoms with Gasteiger partial charge in [-0.1, -0.05) is 42.5 Å². The summed E-state index contributed by atoms with van der Waals surface area (Å²) < 4.78 is 0. The van der Waals surface area contributed by atoms with Gasteiger partial charge in [-0.25, -0.2) is 5.10 Å². The van der Waals surface area contributed by atoms with Gasteiger partial charge < -0.3 is 5.32 Å². The summed E-state index contributed by atoms with van der Waals surface area (Å²) in [6, 6.07) is 15.6. The third-order valence-corrected chi connectivity index (χ3v) is 4.81. The van der Waals surface area contributed by atoms with E-state index in [4.69, 9.17) is 0 Å². The van der Waals surface area contributed by atoms with Gasteiger partial charge in [0.05, 0.1) is 23.5 Å². The highest BCUT2D eigenvalue weighted by atomic mass is 16.1. The van der Waals surface area contributed by atoms with E-state index in [1.165, 1.54) is 11.1 Å². The van der Waals surface area contributed by atoms with E-state index in [2.05, 4.69) is 27.6 Å². The van der Waals surface area contributed by atoms with Crippen molar-refractivity contribution in [3.63, 3.8) is 0 Å². The second-order valence-electron chi connectivity index (χ2n) is 6.43. The van der Waals surface area contributed by atoms with E-state index in [1.54, 1.807) is 12.1 Å². The van der Waals surface area contributed by atoms with Crippen molar-refractivity contribution in [2.45, 2.75) is 31.7 Å². The molecule has 4 rings (SSSR count). The van der Waals surface area contributed by atoms with Crippen molar-refractivity contribution in [3.8, 4) is 0 Å². The minimum Gasteiger partial charge on any atom is -0.349 e. The third-order valence-electron chi connectivity index (χ3n) is 4.81. The molecule has 0 saturated heterocycles. The van der Waals surface area contributed by atoms with Gasteiger partial charge in [-0.15, -0.1) is 0 Å². The highest BCUT2D eigenvalue weighted by Gasteiger charge is 2.22. The van der Waals surface area contributed by atoms with E-state index in [9.17, 15) is 9.59 Å². The summed E-state index contributed by atoms with van der Waals surface area (Å²) >= 11 is 0. The first kappa shape index (κ1) is 15.6. The van der Waals surface area contributed by atoms with Crippen LogP contribution in [0.4, 0.5) is 0 Å². The second kappa shape index (κ2) is 6.51. The summed E-state index contributed by atoms with van der Waals surface area (Å²) in [5.41, 5.74) is 2.88. The molecule has 2 aromatic carbocycles. The lowest BCUT2D eigenvalue weighted by atomic mass is 9.87. The van der Waals surface area contributed by atoms with Crippen LogP contribution in [0.3, 0.4) is 0 Å². The van der Waals surface area contributed by atoms with Crippen molar-refractivity contribution < 1.29 is 4.79 Å². The number of amides is 1. The predicted molar refractivity (Wildman–Crippen MR) is 96.3 cm³/mol. The summed E-state index contributed by atoms with van der Waals surface area (Å²) in [7, 11) is 0. The van der Waals surface area contributed by atoms with E-state index in [1.807, 2.05) is 24.3 Å². The van der Waals surface area contributed by atoms with Crippen LogP contribution in [-0.4, -0.2) is 16.1 Å². The van der Waals surface area contributed by atoms with Gasteiger partial charge >= 0.3 is 0 Å². The van der Waals surface area contributed by atoms with Crippen LogP contribution in [0.1, 0.15) is 35.7 Å². The number of nitrogens with zero attached hydrogens (tertiary/aromatic N) is 1. The maximum Gasteiger partial charge on any atom is 0.272 e. The van der Waals surface area contributed by atoms with Gasteiger partial charge in [0.15, 0.2) is 0 Å². The van der Waals surface area contributed by atoms with Crippen molar-refractivity contribution >= 4 is 16.7 Å². The molecule has 1 amide bonds. The smallest absolute Gasteiger partial charge is 0.272 e. The van der Waals surface area contributed by atoms with Gasteiger partial charge in [0.2, 0.25) is 5.91 Å². The van der Waals surface area contributed by atoms with E-state index in [-0.39, 0.29) is 23.9 Å². The Kier molecular flexibility index (Phi) is 4.06. The van der Waals surface area contributed by atoms with Crippen molar-refractivity contribution in [2.24, 2.45) is 0 Å². The highest BCUT2D eigenvalue weighted by molar-refractivity contribution is 5.88. The van der Waals surface area contributed by atoms with E-state index in [0.29, 0.717) is 11.1 Å². The molecule has 0 aliphatic heterocycles. The van der Waals surface area contributed by atoms with E-state index >= 15 is 0 Å². The summed E-state index contributed by atoms with van der Waals surface area (Å²) in [5.74, 6) is -0.0774. The lowest BCUT2D eigenvalue weighted by Gasteiger charge is -2.26. The fraction of sp³-hybridized carbons (Fsp3) is 0.250. The first-order chi connectivity index (χ1) is 12.2. The summed E-state index contributed by atoms with van der Waals surface area (Å²) in [6.07, 6.45) is 3.23. The Morgan fingerprint density at radius 2 is 1.88 bits per heavy atom. The van der Waals surface area contributed by atoms with Crippen molar-refractivity contribution in [1.29, 1.82) is 0 Å². The van der Waals surface area contributed by atoms with Gasteiger partial charge in [-0.05, 0) is 36.5 Å². The molecule has 0 fully saturated rings. The first-order valence-electron chi connectivity index (χ1n) is 8.56. The molecule has 0 unspecified atom stereocenters. The van der Waals surface area contributed by atoms with Crippen LogP contribution in [0.15, 0.2) is 53.3 Å². The van der Waals surface area contributed by atoms with E-state index in [0.717, 1.165) is 24.6 Å². The Bertz CT molecular complexity index is 993. The average Bonchev–Trinajstić information content (AvgIpc) is 2.65. The number of nitrogens with one attached hydrogen (secondary N) is 2. The molecule has 1 aromatic heterocycles. The molecule has 5 heteroatoms. The van der Waals surface area contributed by atoms with Crippen molar-refractivity contribution in [1.82, 2.24) is 15.5 Å². The first-order valence-corrected chi connectivity index (χ1v) is 8.56. The predicted octanol–water partition coefficient (Wildman–Crippen LogP) is 2.66. The number of carbonyl (C=O) groups excluding carboxylic acids is 1. The molecule has 3 aromatic rings. The van der Waals surface area contributed by atoms with Crippen LogP contribution in [0.5, 0.6) is 0 Å². The zero-order valence-electron chi connectivity index (χ0n) is 13.8. The van der Waals surface area contributed by atoms with Gasteiger partial charge in [0.25, 0.3) is 5.56 Å². The maximum absolute atomic E-state index is 12.6. The molecule has 1 heterocycles. The summed E-state index contributed by atoms with van der Waals surface area (Å²) in [5, 5.41) is 11.0. The van der Waals surface area contributed by atoms with Crippen LogP contribution in [0.2, 0.25) is 0 Å². The second-order valence-corrected chi connectivity index (χ2v) is 6.43. The molecule has 2 N–H and O–H groups in total. The molecule has 25 heavy (non-hydrogen) atoms. The molecule has 0 saturated carbocycles. The molecule has 0 spiro atoms. The quantitative estimate of drug-likeness (QED) is 0.774. The average molecular weight is 333 g/mol. The molecule has 0 radical (unpaired) electrons. The number of H-pyrrole nitrogens is 1. The minimum absolute atomic E-state index is 0.0477. The van der Waals surface area contributed by atoms with Gasteiger partial charge in [-0.2, -0.15) is 5.10 Å². The molecule has 126 valence electrons. The standard InChI is InChI=1S/C20H19N3O2/c24-19(21-17-11-5-7-13-6-1-2-8-14(13)17)12-18-15-9-3-4-10-16(15)20(25)23-22-18/h1-4,6,8-10,17H,5,7,11-12H2,(H,21,24)(H,23,25)/t17-/m1/s1. The van der Waals surface area contributed by atoms with Crippen LogP contribution in [0, 0.1) is 0 Å². The van der Waals surface area contributed by atoms with Crippen molar-refractivity contribution in [3.05, 3.63) is 75.7 Å². The molecule has 5 nitrogen and oxygen atoms in total. The Balaban J connectivity index is 1.56. The number of hydrogen-bond donors (Lipinski definition) is 2. The van der Waals surface area contributed by atoms with Crippen LogP contribution < -0.4 is 10.9 Å². The van der Waals surface area contributed by atoms with Gasteiger partial charge in [0.1, 0.15) is 0 Å². The normalized spacial score (nSPS) is 16.4. The van der Waals surface area contributed by atoms with Crippen LogP contribution >= 0.6 is 0 Å². The van der Waals surface area contributed by atoms with Gasteiger partial charge in [-0.3, -0.25) is 9.59 Å². The number of carbonyl (C=O) groups is 1. The number of aromatic nitrogens is 2. The molecule has 0 bridgehead atoms. The fourth-order valence-corrected chi connectivity index (χ4v) is 3.61. The molecular weight excluding hydrogens is 314 g/mol. The lowest BCUT2D eigenvalue weighted by molar-refractivity contribution is -0.121. The molecule has 1 aliphatic rings. The zero-order valence-corrected chi connectivity index (χ0v) is 13.8. The Hall–Kier alpha value is -2.95. The number of aryl methyl sites for hydroxylation is 1. The van der Waals surface area contributed by atoms with Crippen LogP contribution in [0.25, 0.3) is 10.8 Å². The number of fused-ring (bicyclic) bond motifs is 2. The largest absolute Gasteiger partial charge is 0.349 e. The lowest BCUT2D eigenvalue weighted by Crippen LogP contribution is -2.32. The summed E-state index contributed by atoms with van der Waals surface area (Å²) in [4.78, 5) is 24.4. The Labute approximate surface area is 145 Å². The third kappa shape index (κ3) is 3.05. The van der Waals surface area contributed by atoms with E-state index < -0.39 is 0 Å². The number of rotatable bonds is 3. The number of aromatic amines is 1. The Morgan fingerprint density at radius 1 is 1.12 bits per heavy atom. The highest BCUT2D eigenvalue weighted by Crippen LogP contribution is 2.29. The molecular formula is C20H19N3O2. The zero-order chi connectivity index (χ0) is 17.2. The van der Waals surface area contributed by atoms with Crippen LogP contribution in [-0.2, 0) is 17.6 Å².